The van der Waals surface area contributed by atoms with Crippen molar-refractivity contribution in [2.24, 2.45) is 14.1 Å². The molecule has 5 aromatic rings. The number of thioether (sulfide) groups is 1. The molecule has 11 nitrogen and oxygen atoms in total. The zero-order chi connectivity index (χ0) is 32.7. The Bertz CT molecular complexity index is 2190. The Morgan fingerprint density at radius 3 is 2.37 bits per heavy atom. The van der Waals surface area contributed by atoms with E-state index in [-0.39, 0.29) is 52.1 Å². The van der Waals surface area contributed by atoms with Crippen molar-refractivity contribution in [3.63, 3.8) is 0 Å². The van der Waals surface area contributed by atoms with Crippen LogP contribution in [0.4, 0.5) is 4.79 Å². The molecule has 6 rings (SSSR count). The maximum absolute atomic E-state index is 13.3. The van der Waals surface area contributed by atoms with Crippen molar-refractivity contribution in [2.75, 3.05) is 7.11 Å². The average Bonchev–Trinajstić information content (AvgIpc) is 3.53. The van der Waals surface area contributed by atoms with E-state index in [0.29, 0.717) is 26.9 Å². The molecule has 0 N–H and O–H groups in total. The van der Waals surface area contributed by atoms with E-state index in [0.717, 1.165) is 21.9 Å². The number of carbonyl (C=O) groups excluding carboxylic acids is 2. The molecule has 0 radical (unpaired) electrons. The van der Waals surface area contributed by atoms with Gasteiger partial charge in [0.15, 0.2) is 22.7 Å². The smallest absolute Gasteiger partial charge is 0.332 e. The Labute approximate surface area is 276 Å². The number of carbonyl (C=O) groups is 2. The minimum absolute atomic E-state index is 0.00685. The molecule has 3 aromatic carbocycles. The molecule has 1 aliphatic heterocycles. The van der Waals surface area contributed by atoms with E-state index < -0.39 is 11.2 Å². The van der Waals surface area contributed by atoms with Crippen LogP contribution in [-0.4, -0.2) is 41.8 Å². The maximum atomic E-state index is 13.3. The van der Waals surface area contributed by atoms with E-state index >= 15 is 0 Å². The molecule has 0 bridgehead atoms. The second-order valence-electron chi connectivity index (χ2n) is 10.4. The molecular weight excluding hydrogens is 653 g/mol. The number of halogens is 2. The normalized spacial score (nSPS) is 14.1. The van der Waals surface area contributed by atoms with Crippen LogP contribution in [0.2, 0.25) is 10.0 Å². The van der Waals surface area contributed by atoms with Crippen LogP contribution in [0.1, 0.15) is 16.7 Å². The lowest BCUT2D eigenvalue weighted by atomic mass is 10.1. The van der Waals surface area contributed by atoms with Gasteiger partial charge in [0.05, 0.1) is 25.1 Å². The number of hydrogen-bond donors (Lipinski definition) is 0. The van der Waals surface area contributed by atoms with Crippen LogP contribution in [0.25, 0.3) is 17.2 Å². The Morgan fingerprint density at radius 1 is 0.891 bits per heavy atom. The van der Waals surface area contributed by atoms with Gasteiger partial charge >= 0.3 is 11.7 Å². The molecular formula is C32H25Cl2N5O6S. The van der Waals surface area contributed by atoms with Crippen molar-refractivity contribution in [2.45, 2.75) is 13.1 Å². The van der Waals surface area contributed by atoms with E-state index in [4.69, 9.17) is 32.7 Å². The zero-order valence-corrected chi connectivity index (χ0v) is 27.0. The lowest BCUT2D eigenvalue weighted by Crippen LogP contribution is -2.37. The maximum Gasteiger partial charge on any atom is 0.332 e. The standard InChI is InChI=1S/C32H25Cl2N5O6S/c1-36-27-26(29(41)37(2)31(36)42)38(17-20-10-11-21(33)15-22(20)34)30(35-27)45-23-12-9-19(13-24(23)44-3)14-25-28(40)39(32(43)46-25)16-18-7-5-4-6-8-18/h4-15H,16-17H2,1-3H3/b25-14+. The summed E-state index contributed by atoms with van der Waals surface area (Å²) in [6, 6.07) is 19.2. The van der Waals surface area contributed by atoms with Gasteiger partial charge in [-0.3, -0.25) is 33.0 Å². The zero-order valence-electron chi connectivity index (χ0n) is 24.7. The van der Waals surface area contributed by atoms with Crippen LogP contribution < -0.4 is 20.7 Å². The van der Waals surface area contributed by atoms with Crippen molar-refractivity contribution in [1.29, 1.82) is 0 Å². The first-order valence-corrected chi connectivity index (χ1v) is 15.4. The fourth-order valence-electron chi connectivity index (χ4n) is 4.98. The van der Waals surface area contributed by atoms with Crippen molar-refractivity contribution in [3.05, 3.63) is 119 Å². The summed E-state index contributed by atoms with van der Waals surface area (Å²) in [6.45, 7) is 0.254. The third-order valence-corrected chi connectivity index (χ3v) is 8.89. The molecule has 1 saturated heterocycles. The highest BCUT2D eigenvalue weighted by Gasteiger charge is 2.35. The number of amides is 2. The first-order valence-electron chi connectivity index (χ1n) is 13.8. The first-order chi connectivity index (χ1) is 22.0. The predicted octanol–water partition coefficient (Wildman–Crippen LogP) is 5.83. The molecule has 2 aromatic heterocycles. The van der Waals surface area contributed by atoms with Gasteiger partial charge in [-0.2, -0.15) is 4.98 Å². The summed E-state index contributed by atoms with van der Waals surface area (Å²) >= 11 is 13.4. The highest BCUT2D eigenvalue weighted by molar-refractivity contribution is 8.18. The molecule has 3 heterocycles. The summed E-state index contributed by atoms with van der Waals surface area (Å²) in [7, 11) is 4.35. The van der Waals surface area contributed by atoms with Crippen LogP contribution in [-0.2, 0) is 32.0 Å². The second kappa shape index (κ2) is 12.5. The van der Waals surface area contributed by atoms with Gasteiger partial charge in [0, 0.05) is 24.1 Å². The molecule has 14 heteroatoms. The number of benzene rings is 3. The van der Waals surface area contributed by atoms with Gasteiger partial charge in [0.1, 0.15) is 0 Å². The van der Waals surface area contributed by atoms with Crippen LogP contribution in [0.3, 0.4) is 0 Å². The number of ether oxygens (including phenoxy) is 2. The lowest BCUT2D eigenvalue weighted by molar-refractivity contribution is -0.123. The molecule has 2 amide bonds. The Balaban J connectivity index is 1.36. The number of aromatic nitrogens is 4. The lowest BCUT2D eigenvalue weighted by Gasteiger charge is -2.14. The fraction of sp³-hybridized carbons (Fsp3) is 0.156. The Kier molecular flexibility index (Phi) is 8.51. The highest BCUT2D eigenvalue weighted by atomic mass is 35.5. The summed E-state index contributed by atoms with van der Waals surface area (Å²) in [5, 5.41) is 0.467. The molecule has 46 heavy (non-hydrogen) atoms. The third-order valence-electron chi connectivity index (χ3n) is 7.40. The monoisotopic (exact) mass is 677 g/mol. The Morgan fingerprint density at radius 2 is 1.65 bits per heavy atom. The van der Waals surface area contributed by atoms with Gasteiger partial charge in [-0.15, -0.1) is 0 Å². The van der Waals surface area contributed by atoms with Gasteiger partial charge in [-0.25, -0.2) is 4.79 Å². The van der Waals surface area contributed by atoms with Crippen LogP contribution in [0.15, 0.2) is 81.2 Å². The molecule has 1 fully saturated rings. The SMILES string of the molecule is COc1cc(/C=C2/SC(=O)N(Cc3ccccc3)C2=O)ccc1Oc1nc2c(c(=O)n(C)c(=O)n2C)n1Cc1ccc(Cl)cc1Cl. The topological polar surface area (TPSA) is 118 Å². The number of nitrogens with zero attached hydrogens (tertiary/aromatic N) is 5. The van der Waals surface area contributed by atoms with Crippen LogP contribution in [0, 0.1) is 0 Å². The van der Waals surface area contributed by atoms with Crippen molar-refractivity contribution >= 4 is 63.4 Å². The second-order valence-corrected chi connectivity index (χ2v) is 12.2. The molecule has 0 spiro atoms. The van der Waals surface area contributed by atoms with Crippen molar-refractivity contribution in [3.8, 4) is 17.5 Å². The molecule has 0 unspecified atom stereocenters. The van der Waals surface area contributed by atoms with Crippen molar-refractivity contribution < 1.29 is 19.1 Å². The molecule has 0 aliphatic carbocycles. The van der Waals surface area contributed by atoms with E-state index in [1.54, 1.807) is 42.5 Å². The largest absolute Gasteiger partial charge is 0.493 e. The predicted molar refractivity (Wildman–Crippen MR) is 177 cm³/mol. The summed E-state index contributed by atoms with van der Waals surface area (Å²) < 4.78 is 15.6. The molecule has 234 valence electrons. The number of hydrogen-bond acceptors (Lipinski definition) is 8. The van der Waals surface area contributed by atoms with Crippen molar-refractivity contribution in [1.82, 2.24) is 23.6 Å². The summed E-state index contributed by atoms with van der Waals surface area (Å²) in [4.78, 5) is 57.7. The van der Waals surface area contributed by atoms with Gasteiger partial charge in [0.2, 0.25) is 0 Å². The first kappa shape index (κ1) is 31.2. The molecule has 1 aliphatic rings. The van der Waals surface area contributed by atoms with Gasteiger partial charge in [0.25, 0.3) is 16.7 Å². The quantitative estimate of drug-likeness (QED) is 0.188. The number of imide groups is 1. The molecule has 0 atom stereocenters. The summed E-state index contributed by atoms with van der Waals surface area (Å²) in [5.74, 6) is 0.152. The van der Waals surface area contributed by atoms with E-state index in [9.17, 15) is 19.2 Å². The Hall–Kier alpha value is -4.78. The van der Waals surface area contributed by atoms with E-state index in [1.165, 1.54) is 35.2 Å². The number of fused-ring (bicyclic) bond motifs is 1. The van der Waals surface area contributed by atoms with E-state index in [1.807, 2.05) is 30.3 Å². The fourth-order valence-corrected chi connectivity index (χ4v) is 6.29. The van der Waals surface area contributed by atoms with Gasteiger partial charge in [-0.05, 0) is 58.8 Å². The van der Waals surface area contributed by atoms with Gasteiger partial charge in [-0.1, -0.05) is 65.7 Å². The third kappa shape index (κ3) is 5.82. The summed E-state index contributed by atoms with van der Waals surface area (Å²) in [5.41, 5.74) is 1.21. The number of methoxy groups -OCH3 is 1. The minimum Gasteiger partial charge on any atom is -0.493 e. The highest BCUT2D eigenvalue weighted by Crippen LogP contribution is 2.37. The number of imidazole rings is 1. The van der Waals surface area contributed by atoms with Crippen LogP contribution in [0.5, 0.6) is 17.5 Å². The van der Waals surface area contributed by atoms with E-state index in [2.05, 4.69) is 4.98 Å². The minimum atomic E-state index is -0.561. The average molecular weight is 679 g/mol. The number of rotatable bonds is 8. The van der Waals surface area contributed by atoms with Crippen LogP contribution >= 0.6 is 35.0 Å². The summed E-state index contributed by atoms with van der Waals surface area (Å²) in [6.07, 6.45) is 1.61. The van der Waals surface area contributed by atoms with Gasteiger partial charge < -0.3 is 9.47 Å². The number of aryl methyl sites for hydroxylation is 1. The molecule has 0 saturated carbocycles.